The molecule has 0 bridgehead atoms. The number of rotatable bonds is 8. The van der Waals surface area contributed by atoms with Crippen LogP contribution in [0.2, 0.25) is 0 Å². The Morgan fingerprint density at radius 2 is 2.05 bits per heavy atom. The second kappa shape index (κ2) is 7.84. The molecular formula is C9H18F3N2O4P. The van der Waals surface area contributed by atoms with E-state index in [1.807, 2.05) is 0 Å². The molecule has 10 heteroatoms. The van der Waals surface area contributed by atoms with Gasteiger partial charge in [0.1, 0.15) is 6.04 Å². The number of halogens is 3. The van der Waals surface area contributed by atoms with Gasteiger partial charge in [-0.05, 0) is 13.8 Å². The standard InChI is InChI=1S/C9H18F3N2O4P/c1-3-17-8(15)7(2)14-19(16,5-4-13)18-6-9(10,11)12/h7H,3-6,13H2,1-2H3,(H,14,16). The van der Waals surface area contributed by atoms with Crippen molar-refractivity contribution in [3.8, 4) is 0 Å². The minimum atomic E-state index is -4.61. The molecule has 2 unspecified atom stereocenters. The minimum Gasteiger partial charge on any atom is -0.465 e. The number of nitrogens with two attached hydrogens (primary N) is 1. The van der Waals surface area contributed by atoms with Crippen molar-refractivity contribution in [1.29, 1.82) is 0 Å². The lowest BCUT2D eigenvalue weighted by molar-refractivity contribution is -0.153. The summed E-state index contributed by atoms with van der Waals surface area (Å²) in [6, 6.07) is -1.05. The number of esters is 1. The third kappa shape index (κ3) is 8.20. The molecular weight excluding hydrogens is 288 g/mol. The summed E-state index contributed by atoms with van der Waals surface area (Å²) in [6.45, 7) is 1.18. The number of hydrogen-bond acceptors (Lipinski definition) is 5. The number of hydrogen-bond donors (Lipinski definition) is 2. The fourth-order valence-corrected chi connectivity index (χ4v) is 2.85. The van der Waals surface area contributed by atoms with Crippen molar-refractivity contribution in [3.63, 3.8) is 0 Å². The van der Waals surface area contributed by atoms with Gasteiger partial charge in [-0.2, -0.15) is 13.2 Å². The van der Waals surface area contributed by atoms with Crippen LogP contribution in [0.15, 0.2) is 0 Å². The lowest BCUT2D eigenvalue weighted by Crippen LogP contribution is -2.36. The summed E-state index contributed by atoms with van der Waals surface area (Å²) in [5.74, 6) is -0.727. The highest BCUT2D eigenvalue weighted by Gasteiger charge is 2.35. The van der Waals surface area contributed by atoms with Crippen LogP contribution in [0.4, 0.5) is 13.2 Å². The first-order valence-electron chi connectivity index (χ1n) is 5.58. The van der Waals surface area contributed by atoms with Gasteiger partial charge in [-0.25, -0.2) is 5.09 Å². The lowest BCUT2D eigenvalue weighted by Gasteiger charge is -2.23. The minimum absolute atomic E-state index is 0.107. The second-order valence-electron chi connectivity index (χ2n) is 3.68. The summed E-state index contributed by atoms with van der Waals surface area (Å²) in [5, 5.41) is 2.23. The van der Waals surface area contributed by atoms with E-state index in [-0.39, 0.29) is 19.3 Å². The number of nitrogens with one attached hydrogen (secondary N) is 1. The zero-order valence-electron chi connectivity index (χ0n) is 10.7. The van der Waals surface area contributed by atoms with Gasteiger partial charge in [0.2, 0.25) is 0 Å². The van der Waals surface area contributed by atoms with Crippen LogP contribution >= 0.6 is 7.52 Å². The first kappa shape index (κ1) is 18.4. The molecule has 0 saturated heterocycles. The molecule has 0 amide bonds. The van der Waals surface area contributed by atoms with Crippen LogP contribution in [-0.2, 0) is 18.6 Å². The molecule has 0 aliphatic carbocycles. The Labute approximate surface area is 109 Å². The fraction of sp³-hybridized carbons (Fsp3) is 0.889. The van der Waals surface area contributed by atoms with Gasteiger partial charge in [0.15, 0.2) is 6.61 Å². The molecule has 19 heavy (non-hydrogen) atoms. The van der Waals surface area contributed by atoms with Crippen LogP contribution in [-0.4, -0.2) is 44.1 Å². The van der Waals surface area contributed by atoms with Crippen molar-refractivity contribution >= 4 is 13.5 Å². The highest BCUT2D eigenvalue weighted by Crippen LogP contribution is 2.43. The molecule has 3 N–H and O–H groups in total. The van der Waals surface area contributed by atoms with Gasteiger partial charge in [-0.1, -0.05) is 0 Å². The Kier molecular flexibility index (Phi) is 7.58. The van der Waals surface area contributed by atoms with E-state index in [0.717, 1.165) is 0 Å². The van der Waals surface area contributed by atoms with Crippen molar-refractivity contribution < 1.29 is 31.8 Å². The van der Waals surface area contributed by atoms with Gasteiger partial charge in [0.05, 0.1) is 12.8 Å². The Morgan fingerprint density at radius 1 is 1.47 bits per heavy atom. The predicted molar refractivity (Wildman–Crippen MR) is 62.8 cm³/mol. The maximum absolute atomic E-state index is 12.1. The van der Waals surface area contributed by atoms with E-state index < -0.39 is 32.3 Å². The quantitative estimate of drug-likeness (QED) is 0.518. The first-order valence-corrected chi connectivity index (χ1v) is 7.39. The van der Waals surface area contributed by atoms with E-state index in [2.05, 4.69) is 14.3 Å². The van der Waals surface area contributed by atoms with E-state index in [9.17, 15) is 22.5 Å². The van der Waals surface area contributed by atoms with E-state index in [0.29, 0.717) is 0 Å². The SMILES string of the molecule is CCOC(=O)C(C)NP(=O)(CCN)OCC(F)(F)F. The summed E-state index contributed by atoms with van der Waals surface area (Å²) >= 11 is 0. The summed E-state index contributed by atoms with van der Waals surface area (Å²) in [7, 11) is -3.85. The van der Waals surface area contributed by atoms with E-state index in [1.54, 1.807) is 6.92 Å². The number of ether oxygens (including phenoxy) is 1. The Balaban J connectivity index is 4.61. The van der Waals surface area contributed by atoms with Crippen molar-refractivity contribution in [2.24, 2.45) is 5.73 Å². The molecule has 0 aromatic carbocycles. The number of carbonyl (C=O) groups is 1. The molecule has 0 aliphatic heterocycles. The Bertz CT molecular complexity index is 338. The normalized spacial score (nSPS) is 16.7. The summed E-state index contributed by atoms with van der Waals surface area (Å²) in [5.41, 5.74) is 5.17. The number of alkyl halides is 3. The van der Waals surface area contributed by atoms with Crippen LogP contribution in [0.25, 0.3) is 0 Å². The zero-order chi connectivity index (χ0) is 15.1. The molecule has 0 aromatic heterocycles. The van der Waals surface area contributed by atoms with Gasteiger partial charge >= 0.3 is 12.1 Å². The Hall–Kier alpha value is -0.630. The topological polar surface area (TPSA) is 90.7 Å². The van der Waals surface area contributed by atoms with Crippen molar-refractivity contribution in [3.05, 3.63) is 0 Å². The highest BCUT2D eigenvalue weighted by atomic mass is 31.2. The van der Waals surface area contributed by atoms with Crippen LogP contribution in [0.1, 0.15) is 13.8 Å². The van der Waals surface area contributed by atoms with Gasteiger partial charge in [0.25, 0.3) is 7.52 Å². The van der Waals surface area contributed by atoms with Crippen molar-refractivity contribution in [2.45, 2.75) is 26.1 Å². The van der Waals surface area contributed by atoms with E-state index in [4.69, 9.17) is 5.73 Å². The average Bonchev–Trinajstić information content (AvgIpc) is 2.26. The maximum atomic E-state index is 12.1. The first-order chi connectivity index (χ1) is 8.63. The predicted octanol–water partition coefficient (Wildman–Crippen LogP) is 1.26. The van der Waals surface area contributed by atoms with Gasteiger partial charge in [-0.3, -0.25) is 9.36 Å². The molecule has 6 nitrogen and oxygen atoms in total. The molecule has 2 atom stereocenters. The monoisotopic (exact) mass is 306 g/mol. The van der Waals surface area contributed by atoms with Crippen molar-refractivity contribution in [2.75, 3.05) is 25.9 Å². The second-order valence-corrected chi connectivity index (χ2v) is 5.99. The van der Waals surface area contributed by atoms with Gasteiger partial charge in [-0.15, -0.1) is 0 Å². The number of carbonyl (C=O) groups excluding carboxylic acids is 1. The smallest absolute Gasteiger partial charge is 0.412 e. The molecule has 0 spiro atoms. The molecule has 0 rings (SSSR count). The van der Waals surface area contributed by atoms with Crippen LogP contribution < -0.4 is 10.8 Å². The zero-order valence-corrected chi connectivity index (χ0v) is 11.6. The third-order valence-corrected chi connectivity index (χ3v) is 4.06. The van der Waals surface area contributed by atoms with E-state index >= 15 is 0 Å². The summed E-state index contributed by atoms with van der Waals surface area (Å²) in [6.07, 6.45) is -4.92. The third-order valence-electron chi connectivity index (χ3n) is 1.89. The van der Waals surface area contributed by atoms with Gasteiger partial charge in [0, 0.05) is 6.54 Å². The van der Waals surface area contributed by atoms with Crippen LogP contribution in [0, 0.1) is 0 Å². The van der Waals surface area contributed by atoms with Crippen LogP contribution in [0.5, 0.6) is 0 Å². The lowest BCUT2D eigenvalue weighted by atomic mass is 10.4. The fourth-order valence-electron chi connectivity index (χ4n) is 1.13. The molecule has 0 aromatic rings. The summed E-state index contributed by atoms with van der Waals surface area (Å²) in [4.78, 5) is 11.3. The molecule has 114 valence electrons. The molecule has 0 aliphatic rings. The Morgan fingerprint density at radius 3 is 2.47 bits per heavy atom. The highest BCUT2D eigenvalue weighted by molar-refractivity contribution is 7.56. The molecule has 0 heterocycles. The molecule has 0 radical (unpaired) electrons. The van der Waals surface area contributed by atoms with Crippen molar-refractivity contribution in [1.82, 2.24) is 5.09 Å². The van der Waals surface area contributed by atoms with E-state index in [1.165, 1.54) is 6.92 Å². The average molecular weight is 306 g/mol. The van der Waals surface area contributed by atoms with Gasteiger partial charge < -0.3 is 15.0 Å². The maximum Gasteiger partial charge on any atom is 0.412 e. The summed E-state index contributed by atoms with van der Waals surface area (Å²) < 4.78 is 57.2. The largest absolute Gasteiger partial charge is 0.465 e. The molecule has 0 fully saturated rings. The van der Waals surface area contributed by atoms with Crippen LogP contribution in [0.3, 0.4) is 0 Å². The molecule has 0 saturated carbocycles.